The third-order valence-corrected chi connectivity index (χ3v) is 4.39. The number of aromatic nitrogens is 2. The predicted molar refractivity (Wildman–Crippen MR) is 105 cm³/mol. The monoisotopic (exact) mass is 389 g/mol. The fraction of sp³-hybridized carbons (Fsp3) is 0.158. The summed E-state index contributed by atoms with van der Waals surface area (Å²) in [5.74, 6) is 0.689. The second-order valence-electron chi connectivity index (χ2n) is 5.62. The number of benzene rings is 2. The maximum Gasteiger partial charge on any atom is 0.292 e. The molecule has 0 atom stereocenters. The van der Waals surface area contributed by atoms with Crippen LogP contribution in [-0.2, 0) is 0 Å². The van der Waals surface area contributed by atoms with Gasteiger partial charge in [0.15, 0.2) is 0 Å². The third-order valence-electron chi connectivity index (χ3n) is 3.80. The molecule has 0 spiro atoms. The number of rotatable bonds is 6. The summed E-state index contributed by atoms with van der Waals surface area (Å²) in [6.07, 6.45) is 1.58. The molecule has 0 N–H and O–H groups in total. The summed E-state index contributed by atoms with van der Waals surface area (Å²) in [4.78, 5) is 14.4. The summed E-state index contributed by atoms with van der Waals surface area (Å²) < 4.78 is 6.95. The number of halogens is 2. The van der Waals surface area contributed by atoms with Crippen LogP contribution >= 0.6 is 23.2 Å². The van der Waals surface area contributed by atoms with Crippen molar-refractivity contribution in [2.45, 2.75) is 0 Å². The molecule has 0 aliphatic carbocycles. The van der Waals surface area contributed by atoms with Gasteiger partial charge in [-0.05, 0) is 30.3 Å². The standard InChI is InChI=1S/C19H17Cl2N3O2/c1-23(10-11-26-16-9-5-6-14(20)12-16)17-13-22-24(19(25)18(17)21)15-7-3-2-4-8-15/h2-9,12-13H,10-11H2,1H3. The Hall–Kier alpha value is -2.50. The van der Waals surface area contributed by atoms with Crippen molar-refractivity contribution in [2.75, 3.05) is 25.1 Å². The van der Waals surface area contributed by atoms with E-state index in [-0.39, 0.29) is 10.6 Å². The molecule has 1 aromatic heterocycles. The Balaban J connectivity index is 1.71. The van der Waals surface area contributed by atoms with Crippen molar-refractivity contribution in [3.63, 3.8) is 0 Å². The highest BCUT2D eigenvalue weighted by Crippen LogP contribution is 2.21. The topological polar surface area (TPSA) is 47.4 Å². The molecule has 0 saturated heterocycles. The molecular formula is C19H17Cl2N3O2. The number of anilines is 1. The molecule has 0 aliphatic heterocycles. The predicted octanol–water partition coefficient (Wildman–Crippen LogP) is 4.05. The smallest absolute Gasteiger partial charge is 0.292 e. The van der Waals surface area contributed by atoms with E-state index in [9.17, 15) is 4.79 Å². The van der Waals surface area contributed by atoms with E-state index < -0.39 is 0 Å². The van der Waals surface area contributed by atoms with Gasteiger partial charge < -0.3 is 9.64 Å². The van der Waals surface area contributed by atoms with Crippen molar-refractivity contribution >= 4 is 28.9 Å². The average Bonchev–Trinajstić information content (AvgIpc) is 2.64. The lowest BCUT2D eigenvalue weighted by Crippen LogP contribution is -2.29. The molecule has 1 heterocycles. The van der Waals surface area contributed by atoms with Crippen LogP contribution in [0.3, 0.4) is 0 Å². The summed E-state index contributed by atoms with van der Waals surface area (Å²) in [7, 11) is 1.83. The Bertz CT molecular complexity index is 945. The molecule has 0 amide bonds. The highest BCUT2D eigenvalue weighted by molar-refractivity contribution is 6.33. The second kappa shape index (κ2) is 8.25. The fourth-order valence-electron chi connectivity index (χ4n) is 2.42. The quantitative estimate of drug-likeness (QED) is 0.637. The molecule has 0 radical (unpaired) electrons. The number of ether oxygens (including phenoxy) is 1. The zero-order chi connectivity index (χ0) is 18.5. The van der Waals surface area contributed by atoms with Gasteiger partial charge in [0.2, 0.25) is 0 Å². The Kier molecular flexibility index (Phi) is 5.81. The van der Waals surface area contributed by atoms with Crippen LogP contribution in [0.15, 0.2) is 65.6 Å². The van der Waals surface area contributed by atoms with Gasteiger partial charge in [-0.3, -0.25) is 4.79 Å². The van der Waals surface area contributed by atoms with Gasteiger partial charge in [0, 0.05) is 12.1 Å². The number of hydrogen-bond acceptors (Lipinski definition) is 4. The van der Waals surface area contributed by atoms with Gasteiger partial charge in [-0.25, -0.2) is 0 Å². The van der Waals surface area contributed by atoms with E-state index in [4.69, 9.17) is 27.9 Å². The van der Waals surface area contributed by atoms with Crippen LogP contribution in [0, 0.1) is 0 Å². The molecule has 0 bridgehead atoms. The molecule has 0 fully saturated rings. The minimum Gasteiger partial charge on any atom is -0.492 e. The molecule has 26 heavy (non-hydrogen) atoms. The molecule has 0 aliphatic rings. The van der Waals surface area contributed by atoms with E-state index >= 15 is 0 Å². The van der Waals surface area contributed by atoms with Gasteiger partial charge in [0.1, 0.15) is 17.4 Å². The summed E-state index contributed by atoms with van der Waals surface area (Å²) in [5, 5.41) is 4.97. The van der Waals surface area contributed by atoms with Crippen LogP contribution in [-0.4, -0.2) is 30.0 Å². The first-order valence-corrected chi connectivity index (χ1v) is 8.74. The Morgan fingerprint density at radius 3 is 2.62 bits per heavy atom. The maximum absolute atomic E-state index is 12.5. The molecule has 134 valence electrons. The van der Waals surface area contributed by atoms with Crippen molar-refractivity contribution in [1.82, 2.24) is 9.78 Å². The van der Waals surface area contributed by atoms with E-state index in [0.717, 1.165) is 0 Å². The fourth-order valence-corrected chi connectivity index (χ4v) is 2.87. The van der Waals surface area contributed by atoms with Crippen LogP contribution < -0.4 is 15.2 Å². The largest absolute Gasteiger partial charge is 0.492 e. The Morgan fingerprint density at radius 1 is 1.12 bits per heavy atom. The average molecular weight is 390 g/mol. The van der Waals surface area contributed by atoms with Crippen molar-refractivity contribution < 1.29 is 4.74 Å². The lowest BCUT2D eigenvalue weighted by Gasteiger charge is -2.20. The number of hydrogen-bond donors (Lipinski definition) is 0. The van der Waals surface area contributed by atoms with E-state index in [1.807, 2.05) is 42.3 Å². The van der Waals surface area contributed by atoms with Crippen LogP contribution in [0.2, 0.25) is 10.0 Å². The summed E-state index contributed by atoms with van der Waals surface area (Å²) in [5.41, 5.74) is 0.856. The molecule has 3 aromatic rings. The van der Waals surface area contributed by atoms with Gasteiger partial charge >= 0.3 is 0 Å². The molecule has 2 aromatic carbocycles. The number of likely N-dealkylation sites (N-methyl/N-ethyl adjacent to an activating group) is 1. The van der Waals surface area contributed by atoms with Gasteiger partial charge in [-0.1, -0.05) is 47.5 Å². The van der Waals surface area contributed by atoms with Gasteiger partial charge in [0.25, 0.3) is 5.56 Å². The highest BCUT2D eigenvalue weighted by atomic mass is 35.5. The first-order chi connectivity index (χ1) is 12.6. The molecule has 0 saturated carbocycles. The van der Waals surface area contributed by atoms with Crippen LogP contribution in [0.5, 0.6) is 5.75 Å². The molecule has 7 heteroatoms. The third kappa shape index (κ3) is 4.18. The first kappa shape index (κ1) is 18.3. The maximum atomic E-state index is 12.5. The van der Waals surface area contributed by atoms with Gasteiger partial charge in [-0.15, -0.1) is 0 Å². The summed E-state index contributed by atoms with van der Waals surface area (Å²) in [6.45, 7) is 0.942. The molecule has 5 nitrogen and oxygen atoms in total. The van der Waals surface area contributed by atoms with E-state index in [2.05, 4.69) is 5.10 Å². The van der Waals surface area contributed by atoms with Gasteiger partial charge in [-0.2, -0.15) is 9.78 Å². The minimum absolute atomic E-state index is 0.120. The zero-order valence-electron chi connectivity index (χ0n) is 14.1. The summed E-state index contributed by atoms with van der Waals surface area (Å²) >= 11 is 12.2. The van der Waals surface area contributed by atoms with Crippen LogP contribution in [0.4, 0.5) is 5.69 Å². The number of para-hydroxylation sites is 1. The molecular weight excluding hydrogens is 373 g/mol. The second-order valence-corrected chi connectivity index (χ2v) is 6.44. The minimum atomic E-state index is -0.363. The van der Waals surface area contributed by atoms with E-state index in [1.54, 1.807) is 30.5 Å². The van der Waals surface area contributed by atoms with Gasteiger partial charge in [0.05, 0.1) is 24.1 Å². The SMILES string of the molecule is CN(CCOc1cccc(Cl)c1)c1cnn(-c2ccccc2)c(=O)c1Cl. The van der Waals surface area contributed by atoms with Crippen molar-refractivity contribution in [3.8, 4) is 11.4 Å². The zero-order valence-corrected chi connectivity index (χ0v) is 15.6. The van der Waals surface area contributed by atoms with E-state index in [1.165, 1.54) is 4.68 Å². The highest BCUT2D eigenvalue weighted by Gasteiger charge is 2.14. The Morgan fingerprint density at radius 2 is 1.88 bits per heavy atom. The van der Waals surface area contributed by atoms with Crippen LogP contribution in [0.25, 0.3) is 5.69 Å². The van der Waals surface area contributed by atoms with Crippen molar-refractivity contribution in [2.24, 2.45) is 0 Å². The lowest BCUT2D eigenvalue weighted by atomic mass is 10.3. The first-order valence-electron chi connectivity index (χ1n) is 7.99. The normalized spacial score (nSPS) is 10.6. The molecule has 0 unspecified atom stereocenters. The van der Waals surface area contributed by atoms with Crippen molar-refractivity contribution in [3.05, 3.63) is 81.2 Å². The molecule has 3 rings (SSSR count). The lowest BCUT2D eigenvalue weighted by molar-refractivity contribution is 0.326. The summed E-state index contributed by atoms with van der Waals surface area (Å²) in [6, 6.07) is 16.3. The van der Waals surface area contributed by atoms with E-state index in [0.29, 0.717) is 35.3 Å². The van der Waals surface area contributed by atoms with Crippen LogP contribution in [0.1, 0.15) is 0 Å². The Labute approximate surface area is 161 Å². The van der Waals surface area contributed by atoms with Crippen molar-refractivity contribution in [1.29, 1.82) is 0 Å². The number of nitrogens with zero attached hydrogens (tertiary/aromatic N) is 3.